The van der Waals surface area contributed by atoms with Gasteiger partial charge >= 0.3 is 0 Å². The van der Waals surface area contributed by atoms with Crippen molar-refractivity contribution >= 4 is 0 Å². The molecule has 0 aromatic carbocycles. The molecule has 0 N–H and O–H groups in total. The zero-order valence-electron chi connectivity index (χ0n) is 11.0. The summed E-state index contributed by atoms with van der Waals surface area (Å²) < 4.78 is 11.1. The Balaban J connectivity index is 4.08. The van der Waals surface area contributed by atoms with Crippen molar-refractivity contribution in [1.29, 1.82) is 0 Å². The van der Waals surface area contributed by atoms with Gasteiger partial charge in [0.15, 0.2) is 6.29 Å². The second kappa shape index (κ2) is 9.13. The van der Waals surface area contributed by atoms with Crippen LogP contribution in [0.5, 0.6) is 0 Å². The van der Waals surface area contributed by atoms with Crippen molar-refractivity contribution in [3.8, 4) is 0 Å². The summed E-state index contributed by atoms with van der Waals surface area (Å²) in [6.45, 7) is 14.0. The van der Waals surface area contributed by atoms with Gasteiger partial charge in [0.05, 0.1) is 0 Å². The molecule has 0 heterocycles. The molecule has 3 nitrogen and oxygen atoms in total. The summed E-state index contributed by atoms with van der Waals surface area (Å²) in [6, 6.07) is 0.596. The van der Waals surface area contributed by atoms with Gasteiger partial charge in [0.25, 0.3) is 0 Å². The van der Waals surface area contributed by atoms with Crippen molar-refractivity contribution < 1.29 is 9.47 Å². The Labute approximate surface area is 94.7 Å². The molecule has 0 bridgehead atoms. The Morgan fingerprint density at radius 3 is 1.87 bits per heavy atom. The molecular weight excluding hydrogens is 190 g/mol. The van der Waals surface area contributed by atoms with Crippen LogP contribution in [0.3, 0.4) is 0 Å². The third kappa shape index (κ3) is 6.13. The predicted octanol–water partition coefficient (Wildman–Crippen LogP) is 2.51. The molecule has 0 rings (SSSR count). The molecule has 0 aliphatic rings. The number of nitrogens with zero attached hydrogens (tertiary/aromatic N) is 1. The van der Waals surface area contributed by atoms with E-state index >= 15 is 0 Å². The van der Waals surface area contributed by atoms with Crippen LogP contribution >= 0.6 is 0 Å². The van der Waals surface area contributed by atoms with Crippen molar-refractivity contribution in [1.82, 2.24) is 4.90 Å². The average molecular weight is 217 g/mol. The minimum absolute atomic E-state index is 0.0750. The topological polar surface area (TPSA) is 21.7 Å². The number of rotatable bonds is 9. The summed E-state index contributed by atoms with van der Waals surface area (Å²) in [5.41, 5.74) is 0. The molecule has 0 saturated heterocycles. The second-order valence-corrected chi connectivity index (χ2v) is 3.69. The number of likely N-dealkylation sites (N-methyl/N-ethyl adjacent to an activating group) is 1. The molecule has 1 atom stereocenters. The van der Waals surface area contributed by atoms with Gasteiger partial charge in [-0.1, -0.05) is 13.8 Å². The van der Waals surface area contributed by atoms with E-state index in [2.05, 4.69) is 25.7 Å². The van der Waals surface area contributed by atoms with Crippen molar-refractivity contribution in [2.45, 2.75) is 53.4 Å². The smallest absolute Gasteiger partial charge is 0.170 e. The first-order valence-electron chi connectivity index (χ1n) is 6.16. The molecule has 0 aliphatic heterocycles. The lowest BCUT2D eigenvalue weighted by Crippen LogP contribution is -2.40. The fourth-order valence-electron chi connectivity index (χ4n) is 1.60. The van der Waals surface area contributed by atoms with Gasteiger partial charge in [-0.05, 0) is 33.7 Å². The number of ether oxygens (including phenoxy) is 2. The van der Waals surface area contributed by atoms with Gasteiger partial charge in [-0.15, -0.1) is 0 Å². The molecule has 1 unspecified atom stereocenters. The molecular formula is C12H27NO2. The van der Waals surface area contributed by atoms with Crippen molar-refractivity contribution in [2.75, 3.05) is 26.3 Å². The molecule has 3 heteroatoms. The van der Waals surface area contributed by atoms with Crippen LogP contribution in [0.1, 0.15) is 41.0 Å². The maximum absolute atomic E-state index is 5.55. The van der Waals surface area contributed by atoms with Crippen LogP contribution in [-0.2, 0) is 9.47 Å². The molecule has 0 aromatic rings. The molecule has 0 aliphatic carbocycles. The lowest BCUT2D eigenvalue weighted by Gasteiger charge is -2.30. The SMILES string of the molecule is CCOC(CN(CC)C(C)CC)OCC. The Bertz CT molecular complexity index is 136. The van der Waals surface area contributed by atoms with Gasteiger partial charge < -0.3 is 9.47 Å². The van der Waals surface area contributed by atoms with Gasteiger partial charge in [0.1, 0.15) is 0 Å². The van der Waals surface area contributed by atoms with Crippen LogP contribution < -0.4 is 0 Å². The van der Waals surface area contributed by atoms with E-state index in [1.165, 1.54) is 6.42 Å². The first-order chi connectivity index (χ1) is 7.19. The fourth-order valence-corrected chi connectivity index (χ4v) is 1.60. The van der Waals surface area contributed by atoms with Gasteiger partial charge in [0.2, 0.25) is 0 Å². The van der Waals surface area contributed by atoms with E-state index in [4.69, 9.17) is 9.47 Å². The maximum Gasteiger partial charge on any atom is 0.170 e. The molecule has 0 amide bonds. The standard InChI is InChI=1S/C12H27NO2/c1-6-11(5)13(7-2)10-12(14-8-3)15-9-4/h11-12H,6-10H2,1-5H3. The first-order valence-corrected chi connectivity index (χ1v) is 6.16. The molecule has 0 fully saturated rings. The molecule has 0 spiro atoms. The molecule has 0 radical (unpaired) electrons. The van der Waals surface area contributed by atoms with Crippen molar-refractivity contribution in [2.24, 2.45) is 0 Å². The quantitative estimate of drug-likeness (QED) is 0.554. The zero-order valence-corrected chi connectivity index (χ0v) is 11.0. The summed E-state index contributed by atoms with van der Waals surface area (Å²) in [6.07, 6.45) is 1.09. The monoisotopic (exact) mass is 217 g/mol. The fraction of sp³-hybridized carbons (Fsp3) is 1.00. The lowest BCUT2D eigenvalue weighted by atomic mass is 10.2. The summed E-state index contributed by atoms with van der Waals surface area (Å²) in [5, 5.41) is 0. The highest BCUT2D eigenvalue weighted by atomic mass is 16.7. The van der Waals surface area contributed by atoms with Gasteiger partial charge in [-0.2, -0.15) is 0 Å². The Morgan fingerprint density at radius 2 is 1.53 bits per heavy atom. The number of hydrogen-bond donors (Lipinski definition) is 0. The highest BCUT2D eigenvalue weighted by molar-refractivity contribution is 4.65. The van der Waals surface area contributed by atoms with Crippen LogP contribution in [0.4, 0.5) is 0 Å². The third-order valence-corrected chi connectivity index (χ3v) is 2.71. The summed E-state index contributed by atoms with van der Waals surface area (Å²) in [5.74, 6) is 0. The van der Waals surface area contributed by atoms with E-state index in [-0.39, 0.29) is 6.29 Å². The van der Waals surface area contributed by atoms with Crippen molar-refractivity contribution in [3.63, 3.8) is 0 Å². The third-order valence-electron chi connectivity index (χ3n) is 2.71. The summed E-state index contributed by atoms with van der Waals surface area (Å²) in [7, 11) is 0. The summed E-state index contributed by atoms with van der Waals surface area (Å²) >= 11 is 0. The van der Waals surface area contributed by atoms with Crippen LogP contribution in [0.15, 0.2) is 0 Å². The van der Waals surface area contributed by atoms with Crippen LogP contribution in [0, 0.1) is 0 Å². The van der Waals surface area contributed by atoms with E-state index in [9.17, 15) is 0 Å². The average Bonchev–Trinajstić information content (AvgIpc) is 2.25. The first kappa shape index (κ1) is 14.9. The molecule has 92 valence electrons. The molecule has 15 heavy (non-hydrogen) atoms. The minimum Gasteiger partial charge on any atom is -0.352 e. The van der Waals surface area contributed by atoms with Crippen LogP contribution in [0.2, 0.25) is 0 Å². The number of hydrogen-bond acceptors (Lipinski definition) is 3. The van der Waals surface area contributed by atoms with Gasteiger partial charge in [-0.3, -0.25) is 4.90 Å². The summed E-state index contributed by atoms with van der Waals surface area (Å²) in [4.78, 5) is 2.40. The van der Waals surface area contributed by atoms with E-state index in [1.807, 2.05) is 13.8 Å². The lowest BCUT2D eigenvalue weighted by molar-refractivity contribution is -0.149. The Kier molecular flexibility index (Phi) is 9.06. The van der Waals surface area contributed by atoms with Gasteiger partial charge in [0, 0.05) is 25.8 Å². The van der Waals surface area contributed by atoms with E-state index in [0.29, 0.717) is 19.3 Å². The highest BCUT2D eigenvalue weighted by Gasteiger charge is 2.16. The zero-order chi connectivity index (χ0) is 11.7. The largest absolute Gasteiger partial charge is 0.352 e. The maximum atomic E-state index is 5.55. The Hall–Kier alpha value is -0.120. The predicted molar refractivity (Wildman–Crippen MR) is 64.0 cm³/mol. The minimum atomic E-state index is -0.0750. The van der Waals surface area contributed by atoms with Crippen molar-refractivity contribution in [3.05, 3.63) is 0 Å². The normalized spacial score (nSPS) is 13.8. The molecule has 0 aromatic heterocycles. The van der Waals surface area contributed by atoms with E-state index in [0.717, 1.165) is 13.1 Å². The van der Waals surface area contributed by atoms with E-state index in [1.54, 1.807) is 0 Å². The second-order valence-electron chi connectivity index (χ2n) is 3.69. The van der Waals surface area contributed by atoms with Gasteiger partial charge in [-0.25, -0.2) is 0 Å². The van der Waals surface area contributed by atoms with E-state index < -0.39 is 0 Å². The van der Waals surface area contributed by atoms with Crippen LogP contribution in [-0.4, -0.2) is 43.5 Å². The highest BCUT2D eigenvalue weighted by Crippen LogP contribution is 2.06. The Morgan fingerprint density at radius 1 is 1.00 bits per heavy atom. The van der Waals surface area contributed by atoms with Crippen LogP contribution in [0.25, 0.3) is 0 Å². The molecule has 0 saturated carbocycles.